The third-order valence-corrected chi connectivity index (χ3v) is 10.6. The molecule has 4 heterocycles. The van der Waals surface area contributed by atoms with E-state index in [4.69, 9.17) is 0 Å². The number of amides is 3. The molecular weight excluding hydrogens is 474 g/mol. The molecule has 8 heteroatoms. The third kappa shape index (κ3) is 4.32. The number of hydrogen-bond acceptors (Lipinski definition) is 5. The minimum Gasteiger partial charge on any atom is -0.396 e. The number of carbonyl (C=O) groups is 3. The lowest BCUT2D eigenvalue weighted by atomic mass is 9.78. The molecule has 0 radical (unpaired) electrons. The van der Waals surface area contributed by atoms with Crippen LogP contribution in [0.3, 0.4) is 0 Å². The van der Waals surface area contributed by atoms with Gasteiger partial charge in [-0.3, -0.25) is 14.4 Å². The molecule has 0 aromatic rings. The highest BCUT2D eigenvalue weighted by Crippen LogP contribution is 2.61. The molecule has 0 bridgehead atoms. The standard InChI is InChI=1S/C28H41N3O4S/c1-2-15-29-16-9-13-21-22(25(29)33)23-26(34)31(17-7-4-8-19-32)24-27(35)30(20-11-5-3-6-12-20)18-10-14-28(23,24)36-21/h9-10,13-14,20-24,32H,2-8,11-12,15-19H2,1H3/t21-,22+,23-,24?,28-/m0/s1. The minimum atomic E-state index is -0.709. The number of carbonyl (C=O) groups excluding carboxylic acids is 3. The van der Waals surface area contributed by atoms with E-state index >= 15 is 0 Å². The number of unbranched alkanes of at least 4 members (excludes halogenated alkanes) is 2. The first kappa shape index (κ1) is 25.8. The fourth-order valence-corrected chi connectivity index (χ4v) is 9.22. The maximum Gasteiger partial charge on any atom is 0.247 e. The normalized spacial score (nSPS) is 34.6. The molecule has 5 atom stereocenters. The van der Waals surface area contributed by atoms with Gasteiger partial charge in [0, 0.05) is 44.1 Å². The van der Waals surface area contributed by atoms with E-state index in [2.05, 4.69) is 31.2 Å². The maximum absolute atomic E-state index is 14.4. The summed E-state index contributed by atoms with van der Waals surface area (Å²) in [7, 11) is 0. The molecule has 1 N–H and O–H groups in total. The Bertz CT molecular complexity index is 916. The van der Waals surface area contributed by atoms with E-state index < -0.39 is 22.6 Å². The van der Waals surface area contributed by atoms with Gasteiger partial charge in [-0.1, -0.05) is 50.5 Å². The minimum absolute atomic E-state index is 0.0346. The van der Waals surface area contributed by atoms with Crippen molar-refractivity contribution in [3.63, 3.8) is 0 Å². The Morgan fingerprint density at radius 1 is 0.972 bits per heavy atom. The van der Waals surface area contributed by atoms with Gasteiger partial charge in [0.1, 0.15) is 6.04 Å². The lowest BCUT2D eigenvalue weighted by Crippen LogP contribution is -2.55. The number of fused-ring (bicyclic) bond motifs is 2. The number of nitrogens with zero attached hydrogens (tertiary/aromatic N) is 3. The topological polar surface area (TPSA) is 81.2 Å². The molecule has 0 aromatic heterocycles. The molecule has 1 spiro atoms. The fraction of sp³-hybridized carbons (Fsp3) is 0.750. The van der Waals surface area contributed by atoms with Gasteiger partial charge in [-0.25, -0.2) is 0 Å². The average Bonchev–Trinajstić information content (AvgIpc) is 3.20. The zero-order valence-corrected chi connectivity index (χ0v) is 22.3. The largest absolute Gasteiger partial charge is 0.396 e. The zero-order valence-electron chi connectivity index (χ0n) is 21.5. The van der Waals surface area contributed by atoms with Crippen molar-refractivity contribution in [1.29, 1.82) is 0 Å². The summed E-state index contributed by atoms with van der Waals surface area (Å²) in [5.74, 6) is -0.860. The summed E-state index contributed by atoms with van der Waals surface area (Å²) >= 11 is 1.68. The highest BCUT2D eigenvalue weighted by molar-refractivity contribution is 8.02. The molecule has 2 saturated heterocycles. The molecule has 36 heavy (non-hydrogen) atoms. The van der Waals surface area contributed by atoms with Gasteiger partial charge in [-0.15, -0.1) is 11.8 Å². The Morgan fingerprint density at radius 2 is 1.78 bits per heavy atom. The van der Waals surface area contributed by atoms with Crippen LogP contribution in [0.25, 0.3) is 0 Å². The van der Waals surface area contributed by atoms with Crippen LogP contribution in [-0.4, -0.2) is 92.4 Å². The number of aliphatic hydroxyl groups is 1. The highest BCUT2D eigenvalue weighted by Gasteiger charge is 2.71. The van der Waals surface area contributed by atoms with E-state index in [9.17, 15) is 19.5 Å². The zero-order chi connectivity index (χ0) is 25.3. The van der Waals surface area contributed by atoms with Gasteiger partial charge in [0.2, 0.25) is 17.7 Å². The number of likely N-dealkylation sites (tertiary alicyclic amines) is 1. The Morgan fingerprint density at radius 3 is 2.53 bits per heavy atom. The van der Waals surface area contributed by atoms with Crippen LogP contribution in [-0.2, 0) is 14.4 Å². The second-order valence-corrected chi connectivity index (χ2v) is 12.5. The molecule has 4 aliphatic heterocycles. The molecule has 1 aliphatic carbocycles. The third-order valence-electron chi connectivity index (χ3n) is 8.84. The maximum atomic E-state index is 14.4. The van der Waals surface area contributed by atoms with Gasteiger partial charge in [0.15, 0.2) is 0 Å². The van der Waals surface area contributed by atoms with Crippen LogP contribution in [0.4, 0.5) is 0 Å². The molecule has 3 amide bonds. The van der Waals surface area contributed by atoms with E-state index in [-0.39, 0.29) is 35.6 Å². The summed E-state index contributed by atoms with van der Waals surface area (Å²) in [6.45, 7) is 4.57. The van der Waals surface area contributed by atoms with Crippen molar-refractivity contribution in [2.45, 2.75) is 86.8 Å². The Balaban J connectivity index is 1.52. The van der Waals surface area contributed by atoms with Crippen LogP contribution in [0.5, 0.6) is 0 Å². The molecule has 7 nitrogen and oxygen atoms in total. The molecule has 3 fully saturated rings. The van der Waals surface area contributed by atoms with Gasteiger partial charge in [0.05, 0.1) is 16.6 Å². The first-order valence-electron chi connectivity index (χ1n) is 14.1. The summed E-state index contributed by atoms with van der Waals surface area (Å²) in [6.07, 6.45) is 17.1. The van der Waals surface area contributed by atoms with E-state index in [1.807, 2.05) is 14.7 Å². The van der Waals surface area contributed by atoms with Crippen molar-refractivity contribution in [2.75, 3.05) is 32.8 Å². The SMILES string of the molecule is CCCN1CC=C[C@@H]2S[C@]34C=CCN(C5CCCCC5)C(=O)C3N(CCCCCO)C(=O)[C@@H]4[C@@H]2C1=O. The van der Waals surface area contributed by atoms with Crippen molar-refractivity contribution >= 4 is 29.5 Å². The quantitative estimate of drug-likeness (QED) is 0.397. The number of thioether (sulfide) groups is 1. The molecule has 5 aliphatic rings. The van der Waals surface area contributed by atoms with Crippen LogP contribution in [0.15, 0.2) is 24.3 Å². The van der Waals surface area contributed by atoms with Crippen molar-refractivity contribution in [3.8, 4) is 0 Å². The average molecular weight is 516 g/mol. The Hall–Kier alpha value is -1.80. The molecule has 1 unspecified atom stereocenters. The first-order chi connectivity index (χ1) is 17.5. The molecule has 5 rings (SSSR count). The van der Waals surface area contributed by atoms with Crippen LogP contribution in [0.1, 0.15) is 64.7 Å². The van der Waals surface area contributed by atoms with E-state index in [0.717, 1.165) is 44.9 Å². The number of aliphatic hydroxyl groups excluding tert-OH is 1. The van der Waals surface area contributed by atoms with E-state index in [1.54, 1.807) is 11.8 Å². The first-order valence-corrected chi connectivity index (χ1v) is 14.9. The summed E-state index contributed by atoms with van der Waals surface area (Å²) < 4.78 is -0.709. The molecule has 1 saturated carbocycles. The lowest BCUT2D eigenvalue weighted by Gasteiger charge is -2.39. The van der Waals surface area contributed by atoms with E-state index in [1.165, 1.54) is 6.42 Å². The monoisotopic (exact) mass is 515 g/mol. The van der Waals surface area contributed by atoms with Crippen molar-refractivity contribution < 1.29 is 19.5 Å². The summed E-state index contributed by atoms with van der Waals surface area (Å²) in [6, 6.07) is -0.336. The van der Waals surface area contributed by atoms with Gasteiger partial charge >= 0.3 is 0 Å². The van der Waals surface area contributed by atoms with E-state index in [0.29, 0.717) is 32.6 Å². The Kier molecular flexibility index (Phi) is 7.82. The summed E-state index contributed by atoms with van der Waals surface area (Å²) in [4.78, 5) is 48.1. The van der Waals surface area contributed by atoms with Crippen molar-refractivity contribution in [3.05, 3.63) is 24.3 Å². The predicted octanol–water partition coefficient (Wildman–Crippen LogP) is 2.99. The lowest BCUT2D eigenvalue weighted by molar-refractivity contribution is -0.145. The van der Waals surface area contributed by atoms with Crippen LogP contribution in [0.2, 0.25) is 0 Å². The second kappa shape index (κ2) is 10.9. The summed E-state index contributed by atoms with van der Waals surface area (Å²) in [5.41, 5.74) is 0. The van der Waals surface area contributed by atoms with Gasteiger partial charge in [-0.05, 0) is 38.5 Å². The van der Waals surface area contributed by atoms with Crippen LogP contribution in [0, 0.1) is 11.8 Å². The fourth-order valence-electron chi connectivity index (χ4n) is 7.21. The number of rotatable bonds is 8. The second-order valence-electron chi connectivity index (χ2n) is 11.1. The van der Waals surface area contributed by atoms with Crippen LogP contribution >= 0.6 is 11.8 Å². The van der Waals surface area contributed by atoms with Gasteiger partial charge < -0.3 is 19.8 Å². The highest BCUT2D eigenvalue weighted by atomic mass is 32.2. The van der Waals surface area contributed by atoms with Crippen molar-refractivity contribution in [1.82, 2.24) is 14.7 Å². The number of hydrogen-bond donors (Lipinski definition) is 1. The molecular formula is C28H41N3O4S. The molecule has 0 aromatic carbocycles. The predicted molar refractivity (Wildman–Crippen MR) is 141 cm³/mol. The smallest absolute Gasteiger partial charge is 0.247 e. The van der Waals surface area contributed by atoms with Crippen LogP contribution < -0.4 is 0 Å². The Labute approximate surface area is 219 Å². The van der Waals surface area contributed by atoms with Gasteiger partial charge in [-0.2, -0.15) is 0 Å². The van der Waals surface area contributed by atoms with Gasteiger partial charge in [0.25, 0.3) is 0 Å². The van der Waals surface area contributed by atoms with Crippen molar-refractivity contribution in [2.24, 2.45) is 11.8 Å². The summed E-state index contributed by atoms with van der Waals surface area (Å²) in [5, 5.41) is 9.15. The molecule has 198 valence electrons.